The van der Waals surface area contributed by atoms with E-state index in [1.807, 2.05) is 0 Å². The van der Waals surface area contributed by atoms with Crippen LogP contribution in [0.2, 0.25) is 0 Å². The third-order valence-electron chi connectivity index (χ3n) is 2.22. The van der Waals surface area contributed by atoms with Crippen molar-refractivity contribution in [1.82, 2.24) is 4.98 Å². The van der Waals surface area contributed by atoms with Gasteiger partial charge in [0, 0.05) is 6.20 Å². The summed E-state index contributed by atoms with van der Waals surface area (Å²) in [7, 11) is 0. The summed E-state index contributed by atoms with van der Waals surface area (Å²) >= 11 is 0. The van der Waals surface area contributed by atoms with Gasteiger partial charge < -0.3 is 4.42 Å². The number of hydrogen-bond donors (Lipinski definition) is 1. The highest BCUT2D eigenvalue weighted by Gasteiger charge is 2.30. The molecule has 0 saturated heterocycles. The summed E-state index contributed by atoms with van der Waals surface area (Å²) < 4.78 is 42.1. The molecule has 0 unspecified atom stereocenters. The molecule has 2 aromatic rings. The topological polar surface area (TPSA) is 50.4 Å². The first-order chi connectivity index (χ1) is 8.95. The average molecular weight is 269 g/mol. The molecule has 0 aliphatic rings. The van der Waals surface area contributed by atoms with Crippen molar-refractivity contribution in [2.75, 3.05) is 5.43 Å². The van der Waals surface area contributed by atoms with E-state index in [0.717, 1.165) is 18.0 Å². The molecule has 0 saturated carbocycles. The molecule has 0 aliphatic carbocycles. The Morgan fingerprint density at radius 3 is 2.58 bits per heavy atom. The van der Waals surface area contributed by atoms with Gasteiger partial charge in [0.05, 0.1) is 11.8 Å². The van der Waals surface area contributed by atoms with Crippen LogP contribution in [0.25, 0.3) is 0 Å². The van der Waals surface area contributed by atoms with Crippen LogP contribution in [0.3, 0.4) is 0 Å². The van der Waals surface area contributed by atoms with Gasteiger partial charge in [-0.1, -0.05) is 0 Å². The zero-order valence-electron chi connectivity index (χ0n) is 9.90. The number of anilines is 1. The van der Waals surface area contributed by atoms with Crippen molar-refractivity contribution >= 4 is 12.0 Å². The number of hydrazone groups is 1. The maximum absolute atomic E-state index is 12.3. The van der Waals surface area contributed by atoms with Crippen molar-refractivity contribution in [3.8, 4) is 0 Å². The van der Waals surface area contributed by atoms with Crippen molar-refractivity contribution in [3.05, 3.63) is 47.5 Å². The van der Waals surface area contributed by atoms with Gasteiger partial charge in [0.2, 0.25) is 0 Å². The third-order valence-corrected chi connectivity index (χ3v) is 2.22. The quantitative estimate of drug-likeness (QED) is 0.685. The van der Waals surface area contributed by atoms with Gasteiger partial charge in [0.15, 0.2) is 0 Å². The fourth-order valence-electron chi connectivity index (χ4n) is 1.31. The SMILES string of the molecule is Cc1ccc(/C=N\Nc2ccc(C(F)(F)F)cn2)o1. The molecule has 2 aromatic heterocycles. The largest absolute Gasteiger partial charge is 0.460 e. The molecule has 0 spiro atoms. The van der Waals surface area contributed by atoms with E-state index in [0.29, 0.717) is 5.76 Å². The second-order valence-corrected chi connectivity index (χ2v) is 3.75. The van der Waals surface area contributed by atoms with Gasteiger partial charge in [-0.05, 0) is 31.2 Å². The van der Waals surface area contributed by atoms with Gasteiger partial charge >= 0.3 is 6.18 Å². The fourth-order valence-corrected chi connectivity index (χ4v) is 1.31. The fraction of sp³-hybridized carbons (Fsp3) is 0.167. The zero-order valence-corrected chi connectivity index (χ0v) is 9.90. The highest BCUT2D eigenvalue weighted by Crippen LogP contribution is 2.28. The molecule has 2 rings (SSSR count). The molecular formula is C12H10F3N3O. The Morgan fingerprint density at radius 1 is 1.26 bits per heavy atom. The van der Waals surface area contributed by atoms with E-state index in [1.54, 1.807) is 19.1 Å². The highest BCUT2D eigenvalue weighted by atomic mass is 19.4. The maximum Gasteiger partial charge on any atom is 0.417 e. The predicted molar refractivity (Wildman–Crippen MR) is 63.9 cm³/mol. The van der Waals surface area contributed by atoms with Gasteiger partial charge in [-0.25, -0.2) is 4.98 Å². The van der Waals surface area contributed by atoms with Crippen molar-refractivity contribution in [2.24, 2.45) is 5.10 Å². The number of rotatable bonds is 3. The Balaban J connectivity index is 1.98. The number of hydrogen-bond acceptors (Lipinski definition) is 4. The van der Waals surface area contributed by atoms with E-state index in [4.69, 9.17) is 4.42 Å². The van der Waals surface area contributed by atoms with Gasteiger partial charge in [0.25, 0.3) is 0 Å². The molecule has 4 nitrogen and oxygen atoms in total. The van der Waals surface area contributed by atoms with E-state index < -0.39 is 11.7 Å². The van der Waals surface area contributed by atoms with Crippen molar-refractivity contribution in [3.63, 3.8) is 0 Å². The lowest BCUT2D eigenvalue weighted by Crippen LogP contribution is -2.05. The highest BCUT2D eigenvalue weighted by molar-refractivity contribution is 5.76. The first kappa shape index (κ1) is 13.1. The summed E-state index contributed by atoms with van der Waals surface area (Å²) in [5.41, 5.74) is 1.71. The second kappa shape index (κ2) is 5.13. The van der Waals surface area contributed by atoms with Crippen LogP contribution in [-0.4, -0.2) is 11.2 Å². The van der Waals surface area contributed by atoms with Crippen molar-refractivity contribution < 1.29 is 17.6 Å². The summed E-state index contributed by atoms with van der Waals surface area (Å²) in [6.45, 7) is 1.79. The van der Waals surface area contributed by atoms with Gasteiger partial charge in [-0.2, -0.15) is 18.3 Å². The minimum Gasteiger partial charge on any atom is -0.460 e. The van der Waals surface area contributed by atoms with E-state index in [-0.39, 0.29) is 5.82 Å². The molecule has 19 heavy (non-hydrogen) atoms. The number of halogens is 3. The first-order valence-corrected chi connectivity index (χ1v) is 5.34. The average Bonchev–Trinajstić information content (AvgIpc) is 2.75. The van der Waals surface area contributed by atoms with E-state index >= 15 is 0 Å². The Labute approximate surface area is 107 Å². The molecular weight excluding hydrogens is 259 g/mol. The summed E-state index contributed by atoms with van der Waals surface area (Å²) in [6, 6.07) is 5.63. The van der Waals surface area contributed by atoms with Crippen LogP contribution in [0, 0.1) is 6.92 Å². The molecule has 0 radical (unpaired) electrons. The van der Waals surface area contributed by atoms with Gasteiger partial charge in [0.1, 0.15) is 17.3 Å². The van der Waals surface area contributed by atoms with Crippen molar-refractivity contribution in [2.45, 2.75) is 13.1 Å². The van der Waals surface area contributed by atoms with E-state index in [2.05, 4.69) is 15.5 Å². The number of furan rings is 1. The first-order valence-electron chi connectivity index (χ1n) is 5.34. The Morgan fingerprint density at radius 2 is 2.05 bits per heavy atom. The van der Waals surface area contributed by atoms with E-state index in [9.17, 15) is 13.2 Å². The number of alkyl halides is 3. The lowest BCUT2D eigenvalue weighted by Gasteiger charge is -2.06. The zero-order chi connectivity index (χ0) is 13.9. The summed E-state index contributed by atoms with van der Waals surface area (Å²) in [4.78, 5) is 3.61. The Kier molecular flexibility index (Phi) is 3.55. The van der Waals surface area contributed by atoms with Crippen LogP contribution in [0.5, 0.6) is 0 Å². The monoisotopic (exact) mass is 269 g/mol. The van der Waals surface area contributed by atoms with Crippen LogP contribution in [-0.2, 0) is 6.18 Å². The predicted octanol–water partition coefficient (Wildman–Crippen LogP) is 3.45. The number of nitrogens with one attached hydrogen (secondary N) is 1. The Bertz CT molecular complexity index is 573. The maximum atomic E-state index is 12.3. The molecule has 0 atom stereocenters. The molecule has 7 heteroatoms. The lowest BCUT2D eigenvalue weighted by molar-refractivity contribution is -0.137. The summed E-state index contributed by atoms with van der Waals surface area (Å²) in [5, 5.41) is 3.80. The number of pyridine rings is 1. The molecule has 0 bridgehead atoms. The molecule has 1 N–H and O–H groups in total. The molecule has 0 fully saturated rings. The minimum atomic E-state index is -4.39. The number of nitrogens with zero attached hydrogens (tertiary/aromatic N) is 2. The van der Waals surface area contributed by atoms with Crippen LogP contribution in [0.4, 0.5) is 19.0 Å². The number of aryl methyl sites for hydroxylation is 1. The molecule has 0 aromatic carbocycles. The van der Waals surface area contributed by atoms with Crippen LogP contribution < -0.4 is 5.43 Å². The standard InChI is InChI=1S/C12H10F3N3O/c1-8-2-4-10(19-8)7-17-18-11-5-3-9(6-16-11)12(13,14)15/h2-7H,1H3,(H,16,18)/b17-7-. The van der Waals surface area contributed by atoms with Crippen LogP contribution >= 0.6 is 0 Å². The van der Waals surface area contributed by atoms with Crippen LogP contribution in [0.15, 0.2) is 40.0 Å². The molecule has 0 amide bonds. The van der Waals surface area contributed by atoms with Gasteiger partial charge in [-0.15, -0.1) is 0 Å². The lowest BCUT2D eigenvalue weighted by atomic mass is 10.3. The third kappa shape index (κ3) is 3.57. The molecule has 0 aliphatic heterocycles. The Hall–Kier alpha value is -2.31. The smallest absolute Gasteiger partial charge is 0.417 e. The summed E-state index contributed by atoms with van der Waals surface area (Å²) in [5.74, 6) is 1.50. The second-order valence-electron chi connectivity index (χ2n) is 3.75. The normalized spacial score (nSPS) is 12.0. The minimum absolute atomic E-state index is 0.215. The summed E-state index contributed by atoms with van der Waals surface area (Å²) in [6.07, 6.45) is -2.23. The van der Waals surface area contributed by atoms with Gasteiger partial charge in [-0.3, -0.25) is 5.43 Å². The van der Waals surface area contributed by atoms with E-state index in [1.165, 1.54) is 12.3 Å². The van der Waals surface area contributed by atoms with Crippen molar-refractivity contribution in [1.29, 1.82) is 0 Å². The molecule has 2 heterocycles. The molecule has 100 valence electrons. The van der Waals surface area contributed by atoms with Crippen LogP contribution in [0.1, 0.15) is 17.1 Å². The number of aromatic nitrogens is 1.